The Balaban J connectivity index is 1.30. The van der Waals surface area contributed by atoms with Crippen LogP contribution in [-0.4, -0.2) is 76.0 Å². The quantitative estimate of drug-likeness (QED) is 0.206. The van der Waals surface area contributed by atoms with Gasteiger partial charge in [0.2, 0.25) is 11.1 Å². The number of rotatable bonds is 10. The van der Waals surface area contributed by atoms with Crippen LogP contribution in [0.15, 0.2) is 71.0 Å². The van der Waals surface area contributed by atoms with Crippen molar-refractivity contribution in [1.82, 2.24) is 35.7 Å². The number of β-lactam (4-membered cyclic amide) rings is 1. The van der Waals surface area contributed by atoms with Crippen LogP contribution in [0.5, 0.6) is 5.75 Å². The first-order valence-corrected chi connectivity index (χ1v) is 14.0. The minimum absolute atomic E-state index is 0.0610. The van der Waals surface area contributed by atoms with Gasteiger partial charge in [-0.1, -0.05) is 60.3 Å². The lowest BCUT2D eigenvalue weighted by Gasteiger charge is -2.49. The van der Waals surface area contributed by atoms with Crippen LogP contribution in [0.25, 0.3) is 0 Å². The third-order valence-corrected chi connectivity index (χ3v) is 8.82. The second kappa shape index (κ2) is 11.5. The molecule has 2 amide bonds. The van der Waals surface area contributed by atoms with Crippen LogP contribution in [0.4, 0.5) is 0 Å². The highest BCUT2D eigenvalue weighted by Gasteiger charge is 2.54. The van der Waals surface area contributed by atoms with Crippen LogP contribution in [0.3, 0.4) is 0 Å². The maximum Gasteiger partial charge on any atom is 0.352 e. The second-order valence-electron chi connectivity index (χ2n) is 8.88. The largest absolute Gasteiger partial charge is 0.508 e. The molecule has 0 aliphatic carbocycles. The van der Waals surface area contributed by atoms with Gasteiger partial charge >= 0.3 is 5.97 Å². The van der Waals surface area contributed by atoms with Crippen molar-refractivity contribution >= 4 is 41.3 Å². The van der Waals surface area contributed by atoms with Crippen LogP contribution >= 0.6 is 23.5 Å². The molecule has 5 rings (SSSR count). The number of carbonyl (C=O) groups excluding carboxylic acids is 2. The van der Waals surface area contributed by atoms with E-state index in [1.54, 1.807) is 43.4 Å². The fraction of sp³-hybridized carbons (Fsp3) is 0.280. The number of nitrogens with one attached hydrogen (secondary N) is 2. The topological polar surface area (TPSA) is 163 Å². The number of thioether (sulfide) groups is 2. The Morgan fingerprint density at radius 2 is 1.92 bits per heavy atom. The van der Waals surface area contributed by atoms with Crippen LogP contribution in [0, 0.1) is 0 Å². The molecule has 0 spiro atoms. The molecule has 2 aliphatic rings. The third kappa shape index (κ3) is 5.48. The van der Waals surface area contributed by atoms with E-state index in [1.807, 2.05) is 18.2 Å². The summed E-state index contributed by atoms with van der Waals surface area (Å²) >= 11 is 2.69. The summed E-state index contributed by atoms with van der Waals surface area (Å²) in [6, 6.07) is 14.2. The van der Waals surface area contributed by atoms with E-state index in [4.69, 9.17) is 0 Å². The number of aromatic hydroxyl groups is 1. The van der Waals surface area contributed by atoms with Gasteiger partial charge in [0.05, 0.1) is 0 Å². The lowest BCUT2D eigenvalue weighted by Crippen LogP contribution is -2.71. The molecule has 1 aromatic heterocycles. The summed E-state index contributed by atoms with van der Waals surface area (Å²) in [5.41, 5.74) is 1.84. The molecule has 14 heteroatoms. The highest BCUT2D eigenvalue weighted by molar-refractivity contribution is 8.01. The zero-order valence-corrected chi connectivity index (χ0v) is 22.4. The molecule has 2 aliphatic heterocycles. The van der Waals surface area contributed by atoms with Crippen molar-refractivity contribution in [1.29, 1.82) is 0 Å². The van der Waals surface area contributed by atoms with Gasteiger partial charge in [-0.25, -0.2) is 9.48 Å². The van der Waals surface area contributed by atoms with Gasteiger partial charge in [-0.15, -0.1) is 16.9 Å². The minimum atomic E-state index is -1.20. The Morgan fingerprint density at radius 1 is 1.18 bits per heavy atom. The average molecular weight is 568 g/mol. The highest BCUT2D eigenvalue weighted by atomic mass is 32.2. The number of phenols is 1. The summed E-state index contributed by atoms with van der Waals surface area (Å²) in [5.74, 6) is -1.30. The number of fused-ring (bicyclic) bond motifs is 1. The van der Waals surface area contributed by atoms with Crippen molar-refractivity contribution in [2.45, 2.75) is 29.2 Å². The van der Waals surface area contributed by atoms with Crippen molar-refractivity contribution in [3.63, 3.8) is 0 Å². The number of hydrogen-bond donors (Lipinski definition) is 4. The fourth-order valence-electron chi connectivity index (χ4n) is 4.41. The molecule has 3 aromatic rings. The van der Waals surface area contributed by atoms with Crippen molar-refractivity contribution in [2.75, 3.05) is 11.5 Å². The molecular formula is C25H25N7O5S2. The van der Waals surface area contributed by atoms with E-state index in [9.17, 15) is 24.6 Å². The number of carbonyl (C=O) groups is 3. The molecule has 1 unspecified atom stereocenters. The fourth-order valence-corrected chi connectivity index (χ4v) is 6.74. The Hall–Kier alpha value is -3.88. The number of hydrogen-bond acceptors (Lipinski definition) is 10. The Bertz CT molecular complexity index is 1430. The highest BCUT2D eigenvalue weighted by Crippen LogP contribution is 2.41. The molecule has 3 atom stereocenters. The molecule has 0 bridgehead atoms. The molecule has 0 saturated carbocycles. The summed E-state index contributed by atoms with van der Waals surface area (Å²) in [7, 11) is 1.69. The lowest BCUT2D eigenvalue weighted by atomic mass is 10.0. The molecule has 4 N–H and O–H groups in total. The van der Waals surface area contributed by atoms with Crippen LogP contribution < -0.4 is 10.6 Å². The molecule has 39 heavy (non-hydrogen) atoms. The number of aryl methyl sites for hydroxylation is 1. The van der Waals surface area contributed by atoms with Gasteiger partial charge < -0.3 is 15.5 Å². The standard InChI is InChI=1S/C25H25N7O5S2/c1-31-25(28-29-30-31)39-13-16-12-38-23-19(22(35)32(23)20(16)24(36)37)27-21(34)18(14-7-3-2-4-8-14)26-11-15-9-5-6-10-17(15)33/h2-10,18-19,23,26,33H,11-13H2,1H3,(H,27,34)(H,36,37)/t18-,19?,23-/m0/s1. The summed E-state index contributed by atoms with van der Waals surface area (Å²) in [4.78, 5) is 40.0. The third-order valence-electron chi connectivity index (χ3n) is 6.39. The number of nitrogens with zero attached hydrogens (tertiary/aromatic N) is 5. The van der Waals surface area contributed by atoms with Crippen molar-refractivity contribution in [3.8, 4) is 5.75 Å². The Morgan fingerprint density at radius 3 is 2.62 bits per heavy atom. The van der Waals surface area contributed by atoms with Gasteiger partial charge in [-0.05, 0) is 27.6 Å². The number of carboxylic acid groups (broad SMARTS) is 1. The first-order chi connectivity index (χ1) is 18.8. The van der Waals surface area contributed by atoms with E-state index in [2.05, 4.69) is 26.2 Å². The predicted octanol–water partition coefficient (Wildman–Crippen LogP) is 1.28. The van der Waals surface area contributed by atoms with Crippen LogP contribution in [0.2, 0.25) is 0 Å². The van der Waals surface area contributed by atoms with Crippen LogP contribution in [-0.2, 0) is 28.0 Å². The maximum atomic E-state index is 13.4. The number of para-hydroxylation sites is 1. The van der Waals surface area contributed by atoms with Crippen molar-refractivity contribution < 1.29 is 24.6 Å². The van der Waals surface area contributed by atoms with Crippen molar-refractivity contribution in [2.24, 2.45) is 7.05 Å². The Labute approximate surface area is 231 Å². The maximum absolute atomic E-state index is 13.4. The zero-order valence-electron chi connectivity index (χ0n) is 20.7. The van der Waals surface area contributed by atoms with E-state index in [0.29, 0.717) is 33.4 Å². The second-order valence-corrected chi connectivity index (χ2v) is 10.9. The number of amides is 2. The number of phenolic OH excluding ortho intramolecular Hbond substituents is 1. The average Bonchev–Trinajstić information content (AvgIpc) is 3.35. The minimum Gasteiger partial charge on any atom is -0.508 e. The van der Waals surface area contributed by atoms with Crippen molar-refractivity contribution in [3.05, 3.63) is 77.0 Å². The van der Waals surface area contributed by atoms with Gasteiger partial charge in [-0.3, -0.25) is 19.8 Å². The van der Waals surface area contributed by atoms with E-state index in [1.165, 1.54) is 33.1 Å². The summed E-state index contributed by atoms with van der Waals surface area (Å²) < 4.78 is 1.49. The molecule has 0 radical (unpaired) electrons. The molecule has 1 fully saturated rings. The molecule has 3 heterocycles. The van der Waals surface area contributed by atoms with Gasteiger partial charge in [-0.2, -0.15) is 0 Å². The van der Waals surface area contributed by atoms with Gasteiger partial charge in [0, 0.05) is 30.7 Å². The molecule has 12 nitrogen and oxygen atoms in total. The van der Waals surface area contributed by atoms with E-state index in [-0.39, 0.29) is 18.0 Å². The van der Waals surface area contributed by atoms with E-state index < -0.39 is 35.2 Å². The summed E-state index contributed by atoms with van der Waals surface area (Å²) in [6.45, 7) is 0.219. The monoisotopic (exact) mass is 567 g/mol. The Kier molecular flexibility index (Phi) is 7.86. The SMILES string of the molecule is Cn1nnnc1SCC1=C(C(=O)O)N2C(=O)C(NC(=O)[C@@H](NCc3ccccc3O)c3ccccc3)[C@@H]2SC1. The van der Waals surface area contributed by atoms with E-state index >= 15 is 0 Å². The molecular weight excluding hydrogens is 542 g/mol. The number of aromatic nitrogens is 4. The number of aliphatic carboxylic acids is 1. The molecule has 2 aromatic carbocycles. The number of carboxylic acids is 1. The van der Waals surface area contributed by atoms with Gasteiger partial charge in [0.1, 0.15) is 28.9 Å². The summed E-state index contributed by atoms with van der Waals surface area (Å²) in [5, 5.41) is 37.3. The number of benzene rings is 2. The first kappa shape index (κ1) is 26.7. The normalized spacial score (nSPS) is 19.3. The molecule has 1 saturated heterocycles. The van der Waals surface area contributed by atoms with E-state index in [0.717, 1.165) is 0 Å². The first-order valence-electron chi connectivity index (χ1n) is 12.0. The van der Waals surface area contributed by atoms with Crippen LogP contribution in [0.1, 0.15) is 17.2 Å². The molecule has 202 valence electrons. The smallest absolute Gasteiger partial charge is 0.352 e. The van der Waals surface area contributed by atoms with Gasteiger partial charge in [0.15, 0.2) is 0 Å². The number of tetrazole rings is 1. The lowest BCUT2D eigenvalue weighted by molar-refractivity contribution is -0.151. The zero-order chi connectivity index (χ0) is 27.5. The predicted molar refractivity (Wildman–Crippen MR) is 143 cm³/mol. The van der Waals surface area contributed by atoms with Gasteiger partial charge in [0.25, 0.3) is 5.91 Å². The summed E-state index contributed by atoms with van der Waals surface area (Å²) in [6.07, 6.45) is 0.